The number of benzene rings is 1. The first kappa shape index (κ1) is 13.6. The van der Waals surface area contributed by atoms with Gasteiger partial charge in [-0.1, -0.05) is 29.8 Å². The van der Waals surface area contributed by atoms with E-state index in [1.165, 1.54) is 43.6 Å². The third-order valence-corrected chi connectivity index (χ3v) is 4.13. The standard InChI is InChI=1S/C16H26N2/c1-13-6-4-8-16(10-13)14(2)18(3)12-15-7-5-9-17-11-15/h4,6,8,10,14-15,17H,5,7,9,11-12H2,1-3H3. The number of nitrogens with zero attached hydrogens (tertiary/aromatic N) is 1. The van der Waals surface area contributed by atoms with Crippen LogP contribution < -0.4 is 5.32 Å². The van der Waals surface area contributed by atoms with Crippen LogP contribution in [-0.2, 0) is 0 Å². The SMILES string of the molecule is Cc1cccc(C(C)N(C)CC2CCCNC2)c1. The van der Waals surface area contributed by atoms with E-state index in [-0.39, 0.29) is 0 Å². The lowest BCUT2D eigenvalue weighted by molar-refractivity contribution is 0.199. The summed E-state index contributed by atoms with van der Waals surface area (Å²) in [7, 11) is 2.25. The molecule has 0 saturated carbocycles. The van der Waals surface area contributed by atoms with Crippen LogP contribution in [-0.4, -0.2) is 31.6 Å². The summed E-state index contributed by atoms with van der Waals surface area (Å²) >= 11 is 0. The maximum absolute atomic E-state index is 3.50. The highest BCUT2D eigenvalue weighted by Crippen LogP contribution is 2.22. The summed E-state index contributed by atoms with van der Waals surface area (Å²) in [6, 6.07) is 9.39. The number of hydrogen-bond donors (Lipinski definition) is 1. The van der Waals surface area contributed by atoms with Crippen LogP contribution in [0.1, 0.15) is 36.9 Å². The molecule has 1 aromatic rings. The molecule has 18 heavy (non-hydrogen) atoms. The third-order valence-electron chi connectivity index (χ3n) is 4.13. The van der Waals surface area contributed by atoms with Crippen molar-refractivity contribution in [3.05, 3.63) is 35.4 Å². The third kappa shape index (κ3) is 3.56. The maximum atomic E-state index is 3.50. The molecule has 100 valence electrons. The Kier molecular flexibility index (Phi) is 4.79. The Morgan fingerprint density at radius 3 is 2.94 bits per heavy atom. The normalized spacial score (nSPS) is 22.1. The lowest BCUT2D eigenvalue weighted by atomic mass is 9.97. The fourth-order valence-electron chi connectivity index (χ4n) is 2.83. The highest BCUT2D eigenvalue weighted by atomic mass is 15.1. The van der Waals surface area contributed by atoms with E-state index in [4.69, 9.17) is 0 Å². The van der Waals surface area contributed by atoms with Crippen LogP contribution in [0.3, 0.4) is 0 Å². The molecule has 0 aliphatic carbocycles. The van der Waals surface area contributed by atoms with Crippen molar-refractivity contribution >= 4 is 0 Å². The van der Waals surface area contributed by atoms with E-state index in [9.17, 15) is 0 Å². The molecule has 2 nitrogen and oxygen atoms in total. The monoisotopic (exact) mass is 246 g/mol. The summed E-state index contributed by atoms with van der Waals surface area (Å²) in [5, 5.41) is 3.50. The van der Waals surface area contributed by atoms with Crippen LogP contribution >= 0.6 is 0 Å². The molecule has 1 saturated heterocycles. The molecule has 1 aliphatic heterocycles. The molecule has 0 spiro atoms. The zero-order chi connectivity index (χ0) is 13.0. The quantitative estimate of drug-likeness (QED) is 0.878. The number of rotatable bonds is 4. The van der Waals surface area contributed by atoms with Gasteiger partial charge in [-0.3, -0.25) is 4.90 Å². The van der Waals surface area contributed by atoms with Crippen molar-refractivity contribution in [2.75, 3.05) is 26.7 Å². The minimum Gasteiger partial charge on any atom is -0.316 e. The summed E-state index contributed by atoms with van der Waals surface area (Å²) in [5.41, 5.74) is 2.79. The van der Waals surface area contributed by atoms with Gasteiger partial charge in [-0.15, -0.1) is 0 Å². The molecule has 0 radical (unpaired) electrons. The smallest absolute Gasteiger partial charge is 0.0317 e. The summed E-state index contributed by atoms with van der Waals surface area (Å²) < 4.78 is 0. The molecule has 2 heteroatoms. The molecule has 2 rings (SSSR count). The van der Waals surface area contributed by atoms with Gasteiger partial charge in [0.2, 0.25) is 0 Å². The molecule has 0 aromatic heterocycles. The Labute approximate surface area is 111 Å². The first-order valence-corrected chi connectivity index (χ1v) is 7.14. The van der Waals surface area contributed by atoms with Crippen molar-refractivity contribution < 1.29 is 0 Å². The largest absolute Gasteiger partial charge is 0.316 e. The van der Waals surface area contributed by atoms with E-state index in [0.29, 0.717) is 6.04 Å². The Hall–Kier alpha value is -0.860. The molecular formula is C16H26N2. The van der Waals surface area contributed by atoms with Crippen LogP contribution in [0.5, 0.6) is 0 Å². The van der Waals surface area contributed by atoms with Gasteiger partial charge in [-0.05, 0) is 58.3 Å². The van der Waals surface area contributed by atoms with Gasteiger partial charge in [0.15, 0.2) is 0 Å². The minimum absolute atomic E-state index is 0.506. The van der Waals surface area contributed by atoms with Gasteiger partial charge in [0.25, 0.3) is 0 Å². The predicted octanol–water partition coefficient (Wildman–Crippen LogP) is 2.99. The average Bonchev–Trinajstić information content (AvgIpc) is 2.39. The van der Waals surface area contributed by atoms with Gasteiger partial charge in [0.05, 0.1) is 0 Å². The summed E-state index contributed by atoms with van der Waals surface area (Å²) in [4.78, 5) is 2.49. The second-order valence-electron chi connectivity index (χ2n) is 5.74. The number of aryl methyl sites for hydroxylation is 1. The van der Waals surface area contributed by atoms with Gasteiger partial charge in [0, 0.05) is 12.6 Å². The number of hydrogen-bond acceptors (Lipinski definition) is 2. The second-order valence-corrected chi connectivity index (χ2v) is 5.74. The van der Waals surface area contributed by atoms with Crippen LogP contribution in [0.2, 0.25) is 0 Å². The molecule has 0 bridgehead atoms. The van der Waals surface area contributed by atoms with E-state index < -0.39 is 0 Å². The van der Waals surface area contributed by atoms with E-state index in [2.05, 4.69) is 55.4 Å². The van der Waals surface area contributed by atoms with Crippen LogP contribution in [0.15, 0.2) is 24.3 Å². The Morgan fingerprint density at radius 2 is 2.28 bits per heavy atom. The predicted molar refractivity (Wildman–Crippen MR) is 77.8 cm³/mol. The molecule has 0 amide bonds. The Bertz CT molecular complexity index is 369. The lowest BCUT2D eigenvalue weighted by Gasteiger charge is -2.31. The van der Waals surface area contributed by atoms with Crippen LogP contribution in [0.4, 0.5) is 0 Å². The van der Waals surface area contributed by atoms with E-state index in [1.54, 1.807) is 0 Å². The van der Waals surface area contributed by atoms with Gasteiger partial charge >= 0.3 is 0 Å². The molecule has 2 unspecified atom stereocenters. The molecule has 1 aromatic carbocycles. The Balaban J connectivity index is 1.93. The van der Waals surface area contributed by atoms with Crippen molar-refractivity contribution in [2.45, 2.75) is 32.7 Å². The highest BCUT2D eigenvalue weighted by Gasteiger charge is 2.18. The minimum atomic E-state index is 0.506. The highest BCUT2D eigenvalue weighted by molar-refractivity contribution is 5.24. The number of piperidine rings is 1. The van der Waals surface area contributed by atoms with Gasteiger partial charge < -0.3 is 5.32 Å². The summed E-state index contributed by atoms with van der Waals surface area (Å²) in [6.45, 7) is 8.06. The van der Waals surface area contributed by atoms with E-state index in [1.807, 2.05) is 0 Å². The average molecular weight is 246 g/mol. The molecule has 2 atom stereocenters. The van der Waals surface area contributed by atoms with Gasteiger partial charge in [-0.2, -0.15) is 0 Å². The second kappa shape index (κ2) is 6.35. The maximum Gasteiger partial charge on any atom is 0.0317 e. The molecule has 1 heterocycles. The molecule has 1 fully saturated rings. The topological polar surface area (TPSA) is 15.3 Å². The first-order chi connectivity index (χ1) is 8.66. The molecule has 1 aliphatic rings. The van der Waals surface area contributed by atoms with Crippen molar-refractivity contribution in [2.24, 2.45) is 5.92 Å². The first-order valence-electron chi connectivity index (χ1n) is 7.14. The van der Waals surface area contributed by atoms with E-state index >= 15 is 0 Å². The molecule has 1 N–H and O–H groups in total. The fourth-order valence-corrected chi connectivity index (χ4v) is 2.83. The van der Waals surface area contributed by atoms with Crippen molar-refractivity contribution in [1.29, 1.82) is 0 Å². The zero-order valence-electron chi connectivity index (χ0n) is 11.9. The summed E-state index contributed by atoms with van der Waals surface area (Å²) in [6.07, 6.45) is 2.70. The van der Waals surface area contributed by atoms with Crippen molar-refractivity contribution in [1.82, 2.24) is 10.2 Å². The van der Waals surface area contributed by atoms with Crippen LogP contribution in [0, 0.1) is 12.8 Å². The summed E-state index contributed by atoms with van der Waals surface area (Å²) in [5.74, 6) is 0.816. The Morgan fingerprint density at radius 1 is 1.44 bits per heavy atom. The number of nitrogens with one attached hydrogen (secondary N) is 1. The van der Waals surface area contributed by atoms with Crippen LogP contribution in [0.25, 0.3) is 0 Å². The lowest BCUT2D eigenvalue weighted by Crippen LogP contribution is -2.37. The van der Waals surface area contributed by atoms with Gasteiger partial charge in [0.1, 0.15) is 0 Å². The van der Waals surface area contributed by atoms with E-state index in [0.717, 1.165) is 5.92 Å². The molecular weight excluding hydrogens is 220 g/mol. The zero-order valence-corrected chi connectivity index (χ0v) is 11.9. The fraction of sp³-hybridized carbons (Fsp3) is 0.625. The van der Waals surface area contributed by atoms with Crippen molar-refractivity contribution in [3.8, 4) is 0 Å². The van der Waals surface area contributed by atoms with Crippen molar-refractivity contribution in [3.63, 3.8) is 0 Å². The van der Waals surface area contributed by atoms with Gasteiger partial charge in [-0.25, -0.2) is 0 Å².